The van der Waals surface area contributed by atoms with E-state index in [1.165, 1.54) is 4.90 Å². The SMILES string of the molecule is COc1ccc(C2(CC(=O)NC(C)c3cc(Cl)cc4ccccc34)CCN(C(=O)O)CC2)cc1. The van der Waals surface area contributed by atoms with Crippen LogP contribution in [0.4, 0.5) is 4.79 Å². The minimum atomic E-state index is -0.922. The molecule has 0 radical (unpaired) electrons. The van der Waals surface area contributed by atoms with Gasteiger partial charge < -0.3 is 20.1 Å². The van der Waals surface area contributed by atoms with Gasteiger partial charge in [0.05, 0.1) is 13.2 Å². The molecule has 1 aliphatic rings. The largest absolute Gasteiger partial charge is 0.497 e. The summed E-state index contributed by atoms with van der Waals surface area (Å²) in [6.45, 7) is 2.75. The summed E-state index contributed by atoms with van der Waals surface area (Å²) < 4.78 is 5.29. The van der Waals surface area contributed by atoms with Crippen LogP contribution in [0.15, 0.2) is 60.7 Å². The standard InChI is InChI=1S/C27H29ClN2O4/c1-18(24-16-21(28)15-19-5-3-4-6-23(19)24)29-25(31)17-27(11-13-30(14-12-27)26(32)33)20-7-9-22(34-2)10-8-20/h3-10,15-16,18H,11-14,17H2,1-2H3,(H,29,31)(H,32,33). The van der Waals surface area contributed by atoms with Crippen LogP contribution < -0.4 is 10.1 Å². The Kier molecular flexibility index (Phi) is 6.98. The Hall–Kier alpha value is -3.25. The Morgan fingerprint density at radius 3 is 2.44 bits per heavy atom. The summed E-state index contributed by atoms with van der Waals surface area (Å²) in [5, 5.41) is 15.3. The van der Waals surface area contributed by atoms with Crippen LogP contribution in [0.5, 0.6) is 5.75 Å². The summed E-state index contributed by atoms with van der Waals surface area (Å²) in [4.78, 5) is 26.2. The van der Waals surface area contributed by atoms with Crippen LogP contribution >= 0.6 is 11.6 Å². The van der Waals surface area contributed by atoms with E-state index in [2.05, 4.69) is 5.32 Å². The smallest absolute Gasteiger partial charge is 0.407 e. The Balaban J connectivity index is 1.57. The number of likely N-dealkylation sites (tertiary alicyclic amines) is 1. The summed E-state index contributed by atoms with van der Waals surface area (Å²) in [5.74, 6) is 0.670. The van der Waals surface area contributed by atoms with Crippen LogP contribution in [0.1, 0.15) is 43.4 Å². The van der Waals surface area contributed by atoms with Gasteiger partial charge in [0, 0.05) is 29.9 Å². The van der Waals surface area contributed by atoms with Crippen molar-refractivity contribution in [3.8, 4) is 5.75 Å². The molecule has 1 fully saturated rings. The third-order valence-electron chi connectivity index (χ3n) is 6.89. The molecule has 0 aromatic heterocycles. The number of carboxylic acid groups (broad SMARTS) is 1. The van der Waals surface area contributed by atoms with Crippen LogP contribution in [0.25, 0.3) is 10.8 Å². The topological polar surface area (TPSA) is 78.9 Å². The fourth-order valence-electron chi connectivity index (χ4n) is 4.98. The zero-order chi connectivity index (χ0) is 24.3. The van der Waals surface area contributed by atoms with Gasteiger partial charge in [-0.1, -0.05) is 48.0 Å². The number of fused-ring (bicyclic) bond motifs is 1. The monoisotopic (exact) mass is 480 g/mol. The molecule has 1 saturated heterocycles. The van der Waals surface area contributed by atoms with Crippen molar-refractivity contribution in [3.63, 3.8) is 0 Å². The normalized spacial score (nSPS) is 16.1. The molecular weight excluding hydrogens is 452 g/mol. The molecule has 3 aromatic carbocycles. The number of carbonyl (C=O) groups excluding carboxylic acids is 1. The number of nitrogens with zero attached hydrogens (tertiary/aromatic N) is 1. The zero-order valence-corrected chi connectivity index (χ0v) is 20.1. The van der Waals surface area contributed by atoms with Crippen molar-refractivity contribution in [1.29, 1.82) is 0 Å². The molecule has 0 aliphatic carbocycles. The second-order valence-electron chi connectivity index (χ2n) is 8.96. The number of benzene rings is 3. The maximum atomic E-state index is 13.3. The van der Waals surface area contributed by atoms with Crippen molar-refractivity contribution in [2.45, 2.75) is 37.6 Å². The van der Waals surface area contributed by atoms with E-state index in [-0.39, 0.29) is 18.4 Å². The third kappa shape index (κ3) is 4.97. The van der Waals surface area contributed by atoms with E-state index in [9.17, 15) is 14.7 Å². The number of nitrogens with one attached hydrogen (secondary N) is 1. The van der Waals surface area contributed by atoms with Crippen molar-refractivity contribution in [1.82, 2.24) is 10.2 Å². The maximum absolute atomic E-state index is 13.3. The van der Waals surface area contributed by atoms with Gasteiger partial charge in [-0.15, -0.1) is 0 Å². The minimum Gasteiger partial charge on any atom is -0.497 e. The maximum Gasteiger partial charge on any atom is 0.407 e. The van der Waals surface area contributed by atoms with Crippen LogP contribution in [-0.2, 0) is 10.2 Å². The van der Waals surface area contributed by atoms with Gasteiger partial charge in [0.2, 0.25) is 5.91 Å². The lowest BCUT2D eigenvalue weighted by Crippen LogP contribution is -2.47. The highest BCUT2D eigenvalue weighted by Gasteiger charge is 2.39. The molecule has 7 heteroatoms. The Morgan fingerprint density at radius 1 is 1.12 bits per heavy atom. The molecule has 34 heavy (non-hydrogen) atoms. The van der Waals surface area contributed by atoms with Gasteiger partial charge in [-0.05, 0) is 65.9 Å². The third-order valence-corrected chi connectivity index (χ3v) is 7.11. The second kappa shape index (κ2) is 9.94. The van der Waals surface area contributed by atoms with Gasteiger partial charge in [0.1, 0.15) is 5.75 Å². The molecule has 0 spiro atoms. The number of piperidine rings is 1. The van der Waals surface area contributed by atoms with Gasteiger partial charge >= 0.3 is 6.09 Å². The summed E-state index contributed by atoms with van der Waals surface area (Å²) in [5.41, 5.74) is 1.54. The van der Waals surface area contributed by atoms with Crippen LogP contribution in [0.2, 0.25) is 5.02 Å². The number of hydrogen-bond acceptors (Lipinski definition) is 3. The predicted molar refractivity (Wildman–Crippen MR) is 134 cm³/mol. The van der Waals surface area contributed by atoms with Gasteiger partial charge in [0.25, 0.3) is 0 Å². The number of carbonyl (C=O) groups is 2. The zero-order valence-electron chi connectivity index (χ0n) is 19.4. The highest BCUT2D eigenvalue weighted by Crippen LogP contribution is 2.40. The fraction of sp³-hybridized carbons (Fsp3) is 0.333. The van der Waals surface area contributed by atoms with Crippen molar-refractivity contribution >= 4 is 34.4 Å². The first-order chi connectivity index (χ1) is 16.3. The molecule has 1 unspecified atom stereocenters. The summed E-state index contributed by atoms with van der Waals surface area (Å²) in [6.07, 6.45) is 0.505. The molecule has 0 bridgehead atoms. The van der Waals surface area contributed by atoms with Crippen molar-refractivity contribution in [2.75, 3.05) is 20.2 Å². The molecule has 1 atom stereocenters. The minimum absolute atomic E-state index is 0.0730. The Labute approximate surface area is 204 Å². The average Bonchev–Trinajstić information content (AvgIpc) is 2.83. The summed E-state index contributed by atoms with van der Waals surface area (Å²) in [6, 6.07) is 19.3. The van der Waals surface area contributed by atoms with Crippen LogP contribution in [-0.4, -0.2) is 42.2 Å². The number of halogens is 1. The van der Waals surface area contributed by atoms with E-state index >= 15 is 0 Å². The van der Waals surface area contributed by atoms with Gasteiger partial charge in [0.15, 0.2) is 0 Å². The lowest BCUT2D eigenvalue weighted by Gasteiger charge is -2.41. The summed E-state index contributed by atoms with van der Waals surface area (Å²) in [7, 11) is 1.62. The first kappa shape index (κ1) is 23.9. The van der Waals surface area contributed by atoms with Gasteiger partial charge in [-0.25, -0.2) is 4.79 Å². The number of amides is 2. The highest BCUT2D eigenvalue weighted by atomic mass is 35.5. The Morgan fingerprint density at radius 2 is 1.79 bits per heavy atom. The molecular formula is C27H29ClN2O4. The van der Waals surface area contributed by atoms with Crippen molar-refractivity contribution in [2.24, 2.45) is 0 Å². The fourth-order valence-corrected chi connectivity index (χ4v) is 5.21. The molecule has 178 valence electrons. The molecule has 0 saturated carbocycles. The van der Waals surface area contributed by atoms with Crippen molar-refractivity contribution in [3.05, 3.63) is 76.8 Å². The predicted octanol–water partition coefficient (Wildman–Crippen LogP) is 5.78. The number of methoxy groups -OCH3 is 1. The second-order valence-corrected chi connectivity index (χ2v) is 9.40. The van der Waals surface area contributed by atoms with Crippen LogP contribution in [0.3, 0.4) is 0 Å². The molecule has 2 N–H and O–H groups in total. The lowest BCUT2D eigenvalue weighted by molar-refractivity contribution is -0.123. The first-order valence-electron chi connectivity index (χ1n) is 11.4. The average molecular weight is 481 g/mol. The molecule has 6 nitrogen and oxygen atoms in total. The number of hydrogen-bond donors (Lipinski definition) is 2. The van der Waals surface area contributed by atoms with E-state index in [0.717, 1.165) is 27.6 Å². The van der Waals surface area contributed by atoms with E-state index in [4.69, 9.17) is 16.3 Å². The molecule has 3 aromatic rings. The molecule has 2 amide bonds. The van der Waals surface area contributed by atoms with Crippen molar-refractivity contribution < 1.29 is 19.4 Å². The van der Waals surface area contributed by atoms with E-state index in [1.807, 2.05) is 67.6 Å². The Bertz CT molecular complexity index is 1190. The first-order valence-corrected chi connectivity index (χ1v) is 11.8. The number of ether oxygens (including phenoxy) is 1. The molecule has 1 heterocycles. The summed E-state index contributed by atoms with van der Waals surface area (Å²) >= 11 is 6.35. The quantitative estimate of drug-likeness (QED) is 0.468. The van der Waals surface area contributed by atoms with E-state index in [1.54, 1.807) is 7.11 Å². The number of rotatable bonds is 6. The molecule has 1 aliphatic heterocycles. The van der Waals surface area contributed by atoms with E-state index < -0.39 is 11.5 Å². The van der Waals surface area contributed by atoms with E-state index in [0.29, 0.717) is 31.0 Å². The highest BCUT2D eigenvalue weighted by molar-refractivity contribution is 6.31. The van der Waals surface area contributed by atoms with Gasteiger partial charge in [-0.3, -0.25) is 4.79 Å². The van der Waals surface area contributed by atoms with Gasteiger partial charge in [-0.2, -0.15) is 0 Å². The lowest BCUT2D eigenvalue weighted by atomic mass is 9.70. The van der Waals surface area contributed by atoms with Crippen LogP contribution in [0, 0.1) is 0 Å². The molecule has 4 rings (SSSR count).